The van der Waals surface area contributed by atoms with Crippen molar-refractivity contribution in [2.75, 3.05) is 26.0 Å². The van der Waals surface area contributed by atoms with Gasteiger partial charge in [0.05, 0.1) is 17.1 Å². The summed E-state index contributed by atoms with van der Waals surface area (Å²) in [5.41, 5.74) is 1.52. The van der Waals surface area contributed by atoms with Gasteiger partial charge in [-0.2, -0.15) is 5.26 Å². The van der Waals surface area contributed by atoms with E-state index >= 15 is 0 Å². The molecule has 2 rings (SSSR count). The molecule has 1 aromatic carbocycles. The lowest BCUT2D eigenvalue weighted by molar-refractivity contribution is 0.390. The molecule has 0 aliphatic carbocycles. The van der Waals surface area contributed by atoms with Gasteiger partial charge in [0.2, 0.25) is 0 Å². The summed E-state index contributed by atoms with van der Waals surface area (Å²) in [6, 6.07) is 12.1. The zero-order valence-electron chi connectivity index (χ0n) is 12.2. The second-order valence-electron chi connectivity index (χ2n) is 5.32. The molecule has 1 aromatic heterocycles. The van der Waals surface area contributed by atoms with Crippen LogP contribution in [-0.4, -0.2) is 36.6 Å². The SMILES string of the molecule is CC(CCN(C)C)Nc1cc(C#N)c2ccccc2n1. The zero-order chi connectivity index (χ0) is 14.5. The van der Waals surface area contributed by atoms with Gasteiger partial charge in [-0.25, -0.2) is 4.98 Å². The highest BCUT2D eigenvalue weighted by atomic mass is 15.1. The van der Waals surface area contributed by atoms with Crippen LogP contribution in [0, 0.1) is 11.3 Å². The van der Waals surface area contributed by atoms with Crippen LogP contribution < -0.4 is 5.32 Å². The second-order valence-corrected chi connectivity index (χ2v) is 5.32. The topological polar surface area (TPSA) is 52.0 Å². The first-order valence-corrected chi connectivity index (χ1v) is 6.81. The number of fused-ring (bicyclic) bond motifs is 1. The average Bonchev–Trinajstić information content (AvgIpc) is 2.44. The number of para-hydroxylation sites is 1. The summed E-state index contributed by atoms with van der Waals surface area (Å²) in [5.74, 6) is 0.770. The van der Waals surface area contributed by atoms with Crippen molar-refractivity contribution in [2.24, 2.45) is 0 Å². The van der Waals surface area contributed by atoms with Crippen molar-refractivity contribution in [2.45, 2.75) is 19.4 Å². The number of anilines is 1. The fourth-order valence-corrected chi connectivity index (χ4v) is 2.12. The smallest absolute Gasteiger partial charge is 0.128 e. The van der Waals surface area contributed by atoms with Gasteiger partial charge in [-0.1, -0.05) is 18.2 Å². The summed E-state index contributed by atoms with van der Waals surface area (Å²) in [4.78, 5) is 6.73. The maximum atomic E-state index is 9.26. The highest BCUT2D eigenvalue weighted by Crippen LogP contribution is 2.20. The molecule has 0 aliphatic rings. The predicted octanol–water partition coefficient (Wildman–Crippen LogP) is 2.86. The molecular formula is C16H20N4. The maximum Gasteiger partial charge on any atom is 0.128 e. The third-order valence-corrected chi connectivity index (χ3v) is 3.24. The number of benzene rings is 1. The van der Waals surface area contributed by atoms with E-state index in [2.05, 4.69) is 42.3 Å². The molecule has 0 aliphatic heterocycles. The van der Waals surface area contributed by atoms with Crippen molar-refractivity contribution in [1.82, 2.24) is 9.88 Å². The Morgan fingerprint density at radius 1 is 1.35 bits per heavy atom. The van der Waals surface area contributed by atoms with Crippen LogP contribution in [0.5, 0.6) is 0 Å². The maximum absolute atomic E-state index is 9.26. The molecule has 0 spiro atoms. The van der Waals surface area contributed by atoms with Gasteiger partial charge in [0.25, 0.3) is 0 Å². The lowest BCUT2D eigenvalue weighted by Gasteiger charge is -2.17. The van der Waals surface area contributed by atoms with Crippen LogP contribution in [0.1, 0.15) is 18.9 Å². The van der Waals surface area contributed by atoms with E-state index in [1.165, 1.54) is 0 Å². The van der Waals surface area contributed by atoms with Crippen LogP contribution in [-0.2, 0) is 0 Å². The number of nitriles is 1. The number of hydrogen-bond donors (Lipinski definition) is 1. The first kappa shape index (κ1) is 14.3. The largest absolute Gasteiger partial charge is 0.368 e. The third kappa shape index (κ3) is 3.46. The minimum Gasteiger partial charge on any atom is -0.368 e. The van der Waals surface area contributed by atoms with Crippen LogP contribution in [0.4, 0.5) is 5.82 Å². The van der Waals surface area contributed by atoms with Crippen LogP contribution in [0.25, 0.3) is 10.9 Å². The van der Waals surface area contributed by atoms with Crippen LogP contribution in [0.15, 0.2) is 30.3 Å². The Labute approximate surface area is 120 Å². The lowest BCUT2D eigenvalue weighted by atomic mass is 10.1. The number of rotatable bonds is 5. The summed E-state index contributed by atoms with van der Waals surface area (Å²) < 4.78 is 0. The first-order valence-electron chi connectivity index (χ1n) is 6.81. The summed E-state index contributed by atoms with van der Waals surface area (Å²) in [5, 5.41) is 13.5. The molecule has 1 heterocycles. The standard InChI is InChI=1S/C16H20N4/c1-12(8-9-20(2)3)18-16-10-13(11-17)14-6-4-5-7-15(14)19-16/h4-7,10,12H,8-9H2,1-3H3,(H,18,19). The monoisotopic (exact) mass is 268 g/mol. The number of pyridine rings is 1. The summed E-state index contributed by atoms with van der Waals surface area (Å²) in [7, 11) is 4.13. The van der Waals surface area contributed by atoms with Crippen LogP contribution in [0.2, 0.25) is 0 Å². The van der Waals surface area contributed by atoms with E-state index in [1.807, 2.05) is 30.3 Å². The molecule has 0 amide bonds. The molecule has 2 aromatic rings. The molecule has 1 N–H and O–H groups in total. The van der Waals surface area contributed by atoms with Crippen molar-refractivity contribution in [3.63, 3.8) is 0 Å². The molecular weight excluding hydrogens is 248 g/mol. The predicted molar refractivity (Wildman–Crippen MR) is 82.7 cm³/mol. The van der Waals surface area contributed by atoms with Crippen LogP contribution in [0.3, 0.4) is 0 Å². The Kier molecular flexibility index (Phi) is 4.54. The molecule has 0 radical (unpaired) electrons. The van der Waals surface area contributed by atoms with Gasteiger partial charge in [-0.05, 0) is 46.1 Å². The van der Waals surface area contributed by atoms with Gasteiger partial charge >= 0.3 is 0 Å². The molecule has 0 saturated heterocycles. The minimum absolute atomic E-state index is 0.317. The number of aromatic nitrogens is 1. The van der Waals surface area contributed by atoms with Crippen molar-refractivity contribution in [3.8, 4) is 6.07 Å². The molecule has 4 nitrogen and oxygen atoms in total. The molecule has 0 saturated carbocycles. The molecule has 0 fully saturated rings. The van der Waals surface area contributed by atoms with Gasteiger partial charge in [-0.15, -0.1) is 0 Å². The van der Waals surface area contributed by atoms with E-state index in [-0.39, 0.29) is 0 Å². The Morgan fingerprint density at radius 2 is 2.10 bits per heavy atom. The van der Waals surface area contributed by atoms with Crippen molar-refractivity contribution in [1.29, 1.82) is 5.26 Å². The molecule has 104 valence electrons. The van der Waals surface area contributed by atoms with Gasteiger partial charge in [0, 0.05) is 11.4 Å². The van der Waals surface area contributed by atoms with Crippen LogP contribution >= 0.6 is 0 Å². The van der Waals surface area contributed by atoms with E-state index in [1.54, 1.807) is 0 Å². The normalized spacial score (nSPS) is 12.3. The average molecular weight is 268 g/mol. The van der Waals surface area contributed by atoms with Crippen molar-refractivity contribution in [3.05, 3.63) is 35.9 Å². The number of nitrogens with zero attached hydrogens (tertiary/aromatic N) is 3. The molecule has 4 heteroatoms. The molecule has 20 heavy (non-hydrogen) atoms. The van der Waals surface area contributed by atoms with Crippen molar-refractivity contribution >= 4 is 16.7 Å². The van der Waals surface area contributed by atoms with E-state index in [9.17, 15) is 5.26 Å². The molecule has 0 bridgehead atoms. The first-order chi connectivity index (χ1) is 9.60. The van der Waals surface area contributed by atoms with E-state index in [0.717, 1.165) is 29.7 Å². The van der Waals surface area contributed by atoms with E-state index < -0.39 is 0 Å². The van der Waals surface area contributed by atoms with Gasteiger partial charge in [0.1, 0.15) is 5.82 Å². The minimum atomic E-state index is 0.317. The fourth-order valence-electron chi connectivity index (χ4n) is 2.12. The zero-order valence-corrected chi connectivity index (χ0v) is 12.2. The van der Waals surface area contributed by atoms with E-state index in [4.69, 9.17) is 0 Å². The van der Waals surface area contributed by atoms with Gasteiger partial charge in [-0.3, -0.25) is 0 Å². The highest BCUT2D eigenvalue weighted by molar-refractivity contribution is 5.86. The summed E-state index contributed by atoms with van der Waals surface area (Å²) in [6.07, 6.45) is 1.03. The van der Waals surface area contributed by atoms with E-state index in [0.29, 0.717) is 11.6 Å². The Balaban J connectivity index is 2.21. The Bertz CT molecular complexity index is 628. The lowest BCUT2D eigenvalue weighted by Crippen LogP contribution is -2.23. The van der Waals surface area contributed by atoms with Gasteiger partial charge < -0.3 is 10.2 Å². The number of hydrogen-bond acceptors (Lipinski definition) is 4. The Hall–Kier alpha value is -2.12. The quantitative estimate of drug-likeness (QED) is 0.906. The van der Waals surface area contributed by atoms with Crippen molar-refractivity contribution < 1.29 is 0 Å². The third-order valence-electron chi connectivity index (χ3n) is 3.24. The Morgan fingerprint density at radius 3 is 2.80 bits per heavy atom. The molecule has 1 atom stereocenters. The fraction of sp³-hybridized carbons (Fsp3) is 0.375. The number of nitrogens with one attached hydrogen (secondary N) is 1. The molecule has 1 unspecified atom stereocenters. The summed E-state index contributed by atoms with van der Waals surface area (Å²) in [6.45, 7) is 3.15. The van der Waals surface area contributed by atoms with Gasteiger partial charge in [0.15, 0.2) is 0 Å². The highest BCUT2D eigenvalue weighted by Gasteiger charge is 2.08. The second kappa shape index (κ2) is 6.36. The summed E-state index contributed by atoms with van der Waals surface area (Å²) >= 11 is 0.